The van der Waals surface area contributed by atoms with Gasteiger partial charge >= 0.3 is 0 Å². The third-order valence-electron chi connectivity index (χ3n) is 4.09. The molecule has 1 aromatic carbocycles. The van der Waals surface area contributed by atoms with Crippen LogP contribution < -0.4 is 0 Å². The lowest BCUT2D eigenvalue weighted by Gasteiger charge is -2.26. The zero-order chi connectivity index (χ0) is 15.0. The van der Waals surface area contributed by atoms with E-state index in [4.69, 9.17) is 0 Å². The topological polar surface area (TPSA) is 37.4 Å². The van der Waals surface area contributed by atoms with Crippen LogP contribution in [-0.4, -0.2) is 25.8 Å². The van der Waals surface area contributed by atoms with E-state index in [1.54, 1.807) is 16.4 Å². The Balaban J connectivity index is 2.19. The second-order valence-corrected chi connectivity index (χ2v) is 8.99. The van der Waals surface area contributed by atoms with Gasteiger partial charge in [-0.05, 0) is 35.4 Å². The molecular weight excluding hydrogens is 338 g/mol. The first-order valence-corrected chi connectivity index (χ1v) is 9.46. The molecule has 0 aliphatic carbocycles. The summed E-state index contributed by atoms with van der Waals surface area (Å²) in [5.41, 5.74) is 1.24. The largest absolute Gasteiger partial charge is 0.243 e. The third-order valence-corrected chi connectivity index (χ3v) is 6.62. The molecule has 1 atom stereocenters. The molecule has 0 aromatic heterocycles. The second kappa shape index (κ2) is 5.78. The predicted molar refractivity (Wildman–Crippen MR) is 85.4 cm³/mol. The van der Waals surface area contributed by atoms with E-state index in [0.717, 1.165) is 17.3 Å². The average molecular weight is 360 g/mol. The Morgan fingerprint density at radius 2 is 1.85 bits per heavy atom. The van der Waals surface area contributed by atoms with Crippen molar-refractivity contribution in [1.82, 2.24) is 4.31 Å². The van der Waals surface area contributed by atoms with E-state index in [2.05, 4.69) is 36.7 Å². The molecule has 1 saturated heterocycles. The highest BCUT2D eigenvalue weighted by Crippen LogP contribution is 2.35. The average Bonchev–Trinajstić information content (AvgIpc) is 2.89. The minimum Gasteiger partial charge on any atom is -0.207 e. The first kappa shape index (κ1) is 16.0. The second-order valence-electron chi connectivity index (χ2n) is 6.49. The van der Waals surface area contributed by atoms with Gasteiger partial charge in [-0.25, -0.2) is 8.42 Å². The van der Waals surface area contributed by atoms with Gasteiger partial charge < -0.3 is 0 Å². The van der Waals surface area contributed by atoms with Gasteiger partial charge in [-0.15, -0.1) is 0 Å². The van der Waals surface area contributed by atoms with Crippen molar-refractivity contribution in [2.24, 2.45) is 11.3 Å². The lowest BCUT2D eigenvalue weighted by atomic mass is 9.80. The molecule has 0 amide bonds. The van der Waals surface area contributed by atoms with Crippen molar-refractivity contribution in [2.45, 2.75) is 37.4 Å². The fourth-order valence-electron chi connectivity index (χ4n) is 2.55. The van der Waals surface area contributed by atoms with Crippen LogP contribution in [0.3, 0.4) is 0 Å². The van der Waals surface area contributed by atoms with Crippen molar-refractivity contribution in [3.8, 4) is 0 Å². The van der Waals surface area contributed by atoms with Gasteiger partial charge in [-0.3, -0.25) is 0 Å². The van der Waals surface area contributed by atoms with Crippen LogP contribution in [0.15, 0.2) is 29.2 Å². The highest BCUT2D eigenvalue weighted by molar-refractivity contribution is 9.08. The summed E-state index contributed by atoms with van der Waals surface area (Å²) in [7, 11) is -3.34. The minimum atomic E-state index is -3.34. The van der Waals surface area contributed by atoms with Crippen LogP contribution in [0.5, 0.6) is 0 Å². The Morgan fingerprint density at radius 1 is 1.25 bits per heavy atom. The van der Waals surface area contributed by atoms with Crippen LogP contribution in [0.1, 0.15) is 32.8 Å². The van der Waals surface area contributed by atoms with E-state index in [1.165, 1.54) is 0 Å². The van der Waals surface area contributed by atoms with Crippen LogP contribution in [0, 0.1) is 11.3 Å². The molecule has 112 valence electrons. The first-order valence-electron chi connectivity index (χ1n) is 6.90. The monoisotopic (exact) mass is 359 g/mol. The molecule has 1 aliphatic heterocycles. The lowest BCUT2D eigenvalue weighted by Crippen LogP contribution is -2.31. The Bertz CT molecular complexity index is 561. The van der Waals surface area contributed by atoms with E-state index in [9.17, 15) is 8.42 Å². The Morgan fingerprint density at radius 3 is 2.30 bits per heavy atom. The van der Waals surface area contributed by atoms with Gasteiger partial charge in [0.25, 0.3) is 0 Å². The predicted octanol–water partition coefficient (Wildman–Crippen LogP) is 3.64. The van der Waals surface area contributed by atoms with Gasteiger partial charge in [0.05, 0.1) is 4.90 Å². The van der Waals surface area contributed by atoms with Gasteiger partial charge in [0.15, 0.2) is 0 Å². The van der Waals surface area contributed by atoms with Crippen LogP contribution in [0.4, 0.5) is 0 Å². The molecule has 3 nitrogen and oxygen atoms in total. The Labute approximate surface area is 130 Å². The number of nitrogens with zero attached hydrogens (tertiary/aromatic N) is 1. The van der Waals surface area contributed by atoms with Gasteiger partial charge in [0.2, 0.25) is 10.0 Å². The maximum absolute atomic E-state index is 12.6. The molecule has 2 rings (SSSR count). The molecule has 5 heteroatoms. The highest BCUT2D eigenvalue weighted by Gasteiger charge is 2.37. The summed E-state index contributed by atoms with van der Waals surface area (Å²) in [4.78, 5) is 0.400. The Hall–Kier alpha value is -0.390. The van der Waals surface area contributed by atoms with Crippen molar-refractivity contribution < 1.29 is 8.42 Å². The summed E-state index contributed by atoms with van der Waals surface area (Å²) < 4.78 is 26.9. The quantitative estimate of drug-likeness (QED) is 0.772. The molecule has 1 heterocycles. The molecule has 1 aromatic rings. The van der Waals surface area contributed by atoms with Crippen LogP contribution in [-0.2, 0) is 15.4 Å². The van der Waals surface area contributed by atoms with Crippen molar-refractivity contribution in [3.05, 3.63) is 29.8 Å². The lowest BCUT2D eigenvalue weighted by molar-refractivity contribution is 0.252. The van der Waals surface area contributed by atoms with E-state index in [1.807, 2.05) is 12.1 Å². The maximum atomic E-state index is 12.6. The maximum Gasteiger partial charge on any atom is 0.243 e. The number of hydrogen-bond donors (Lipinski definition) is 0. The normalized spacial score (nSPS) is 21.3. The molecule has 1 unspecified atom stereocenters. The van der Waals surface area contributed by atoms with Crippen LogP contribution >= 0.6 is 15.9 Å². The summed E-state index contributed by atoms with van der Waals surface area (Å²) in [6.45, 7) is 7.80. The molecule has 20 heavy (non-hydrogen) atoms. The zero-order valence-corrected chi connectivity index (χ0v) is 14.7. The van der Waals surface area contributed by atoms with Crippen molar-refractivity contribution >= 4 is 26.0 Å². The molecular formula is C15H22BrNO2S. The molecule has 1 fully saturated rings. The van der Waals surface area contributed by atoms with E-state index in [-0.39, 0.29) is 5.41 Å². The number of benzene rings is 1. The van der Waals surface area contributed by atoms with E-state index in [0.29, 0.717) is 23.9 Å². The molecule has 0 radical (unpaired) electrons. The molecule has 0 spiro atoms. The number of rotatable bonds is 3. The van der Waals surface area contributed by atoms with Crippen LogP contribution in [0.2, 0.25) is 0 Å². The van der Waals surface area contributed by atoms with Crippen LogP contribution in [0.25, 0.3) is 0 Å². The molecule has 0 bridgehead atoms. The van der Waals surface area contributed by atoms with Crippen molar-refractivity contribution in [2.75, 3.05) is 13.1 Å². The number of hydrogen-bond acceptors (Lipinski definition) is 2. The molecule has 0 saturated carbocycles. The highest BCUT2D eigenvalue weighted by atomic mass is 79.9. The molecule has 1 aliphatic rings. The third kappa shape index (κ3) is 3.26. The zero-order valence-electron chi connectivity index (χ0n) is 12.3. The molecule has 0 N–H and O–H groups in total. The fourth-order valence-corrected chi connectivity index (χ4v) is 4.43. The number of sulfonamides is 1. The SMILES string of the molecule is CC(C)(C)C1CCN(S(=O)(=O)c2ccc(CBr)cc2)C1. The Kier molecular flexibility index (Phi) is 4.62. The fraction of sp³-hybridized carbons (Fsp3) is 0.600. The van der Waals surface area contributed by atoms with Gasteiger partial charge in [-0.2, -0.15) is 4.31 Å². The van der Waals surface area contributed by atoms with Gasteiger partial charge in [0, 0.05) is 18.4 Å². The van der Waals surface area contributed by atoms with Gasteiger partial charge in [0.1, 0.15) is 0 Å². The standard InChI is InChI=1S/C15H22BrNO2S/c1-15(2,3)13-8-9-17(11-13)20(18,19)14-6-4-12(10-16)5-7-14/h4-7,13H,8-11H2,1-3H3. The van der Waals surface area contributed by atoms with Gasteiger partial charge in [-0.1, -0.05) is 48.8 Å². The van der Waals surface area contributed by atoms with Crippen molar-refractivity contribution in [1.29, 1.82) is 0 Å². The van der Waals surface area contributed by atoms with Crippen molar-refractivity contribution in [3.63, 3.8) is 0 Å². The van der Waals surface area contributed by atoms with E-state index >= 15 is 0 Å². The minimum absolute atomic E-state index is 0.157. The summed E-state index contributed by atoms with van der Waals surface area (Å²) in [6, 6.07) is 7.13. The number of alkyl halides is 1. The first-order chi connectivity index (χ1) is 9.25. The summed E-state index contributed by atoms with van der Waals surface area (Å²) in [6.07, 6.45) is 0.947. The summed E-state index contributed by atoms with van der Waals surface area (Å²) in [5.74, 6) is 0.430. The smallest absolute Gasteiger partial charge is 0.207 e. The number of halogens is 1. The van der Waals surface area contributed by atoms with E-state index < -0.39 is 10.0 Å². The summed E-state index contributed by atoms with van der Waals surface area (Å²) >= 11 is 3.37. The summed E-state index contributed by atoms with van der Waals surface area (Å²) in [5, 5.41) is 0.739.